The Morgan fingerprint density at radius 2 is 0.762 bits per heavy atom. The van der Waals surface area contributed by atoms with Crippen LogP contribution in [0.15, 0.2) is 36.4 Å². The summed E-state index contributed by atoms with van der Waals surface area (Å²) >= 11 is 0. The molecule has 2 aromatic rings. The molecule has 0 bridgehead atoms. The second-order valence-electron chi connectivity index (χ2n) is 9.44. The minimum atomic E-state index is -1.01. The summed E-state index contributed by atoms with van der Waals surface area (Å²) in [5.74, 6) is -2.20. The minimum absolute atomic E-state index is 0.0947. The van der Waals surface area contributed by atoms with Crippen molar-refractivity contribution in [1.82, 2.24) is 19.6 Å². The number of carbonyl (C=O) groups excluding carboxylic acids is 6. The highest BCUT2D eigenvalue weighted by atomic mass is 16.6. The Labute approximate surface area is 242 Å². The van der Waals surface area contributed by atoms with Crippen LogP contribution in [0.5, 0.6) is 23.0 Å². The molecule has 2 aromatic carbocycles. The van der Waals surface area contributed by atoms with Crippen molar-refractivity contribution in [2.24, 2.45) is 0 Å². The summed E-state index contributed by atoms with van der Waals surface area (Å²) in [6, 6.07) is 7.22. The van der Waals surface area contributed by atoms with Crippen LogP contribution in [0.2, 0.25) is 0 Å². The zero-order valence-corrected chi connectivity index (χ0v) is 24.5. The number of rotatable bonds is 8. The van der Waals surface area contributed by atoms with E-state index in [0.29, 0.717) is 0 Å². The van der Waals surface area contributed by atoms with E-state index in [2.05, 4.69) is 0 Å². The van der Waals surface area contributed by atoms with Crippen LogP contribution in [-0.4, -0.2) is 119 Å². The summed E-state index contributed by atoms with van der Waals surface area (Å²) in [6.45, 7) is -0.778. The summed E-state index contributed by atoms with van der Waals surface area (Å²) in [4.78, 5) is 78.6. The Kier molecular flexibility index (Phi) is 11.2. The first-order chi connectivity index (χ1) is 19.6. The molecule has 42 heavy (non-hydrogen) atoms. The van der Waals surface area contributed by atoms with Gasteiger partial charge in [0.1, 0.15) is 23.0 Å². The molecule has 226 valence electrons. The topological polar surface area (TPSA) is 162 Å². The molecule has 0 spiro atoms. The Bertz CT molecular complexity index is 1190. The van der Waals surface area contributed by atoms with E-state index in [1.807, 2.05) is 0 Å². The van der Waals surface area contributed by atoms with E-state index in [4.69, 9.17) is 23.7 Å². The van der Waals surface area contributed by atoms with Crippen LogP contribution >= 0.6 is 0 Å². The first kappa shape index (κ1) is 32.9. The Balaban J connectivity index is 2.31. The average Bonchev–Trinajstić information content (AvgIpc) is 2.90. The quantitative estimate of drug-likeness (QED) is 0.329. The lowest BCUT2D eigenvalue weighted by Crippen LogP contribution is -2.26. The Morgan fingerprint density at radius 3 is 1.05 bits per heavy atom. The van der Waals surface area contributed by atoms with Crippen LogP contribution < -0.4 is 18.9 Å². The van der Waals surface area contributed by atoms with E-state index < -0.39 is 42.7 Å². The van der Waals surface area contributed by atoms with Gasteiger partial charge in [0.2, 0.25) is 5.78 Å². The largest absolute Gasteiger partial charge is 0.454 e. The first-order valence-corrected chi connectivity index (χ1v) is 12.1. The molecule has 0 aliphatic carbocycles. The van der Waals surface area contributed by atoms with Gasteiger partial charge in [-0.3, -0.25) is 4.79 Å². The SMILES string of the molecule is CN(C)C(=O)Oc1cc(OC(=O)N(C)C)cc(C(=O)COC(=O)c2cc(OC(=O)N(C)C)cc(OC(=O)N(C)C)c2)c1. The van der Waals surface area contributed by atoms with Crippen LogP contribution in [0.1, 0.15) is 20.7 Å². The molecule has 15 nitrogen and oxygen atoms in total. The number of benzene rings is 2. The third-order valence-electron chi connectivity index (χ3n) is 4.93. The lowest BCUT2D eigenvalue weighted by atomic mass is 10.1. The molecule has 0 heterocycles. The van der Waals surface area contributed by atoms with Crippen LogP contribution in [0.3, 0.4) is 0 Å². The zero-order valence-electron chi connectivity index (χ0n) is 24.5. The van der Waals surface area contributed by atoms with E-state index in [0.717, 1.165) is 19.6 Å². The zero-order chi connectivity index (χ0) is 31.7. The van der Waals surface area contributed by atoms with E-state index >= 15 is 0 Å². The van der Waals surface area contributed by atoms with Gasteiger partial charge in [-0.25, -0.2) is 24.0 Å². The van der Waals surface area contributed by atoms with Gasteiger partial charge in [0.05, 0.1) is 5.56 Å². The predicted molar refractivity (Wildman–Crippen MR) is 146 cm³/mol. The number of amides is 4. The smallest absolute Gasteiger partial charge is 0.414 e. The number of ketones is 1. The Morgan fingerprint density at radius 1 is 0.476 bits per heavy atom. The number of Topliss-reactive ketones (excluding diaryl/α,β-unsaturated/α-hetero) is 1. The highest BCUT2D eigenvalue weighted by Crippen LogP contribution is 2.26. The van der Waals surface area contributed by atoms with Crippen LogP contribution in [0.25, 0.3) is 0 Å². The number of hydrogen-bond acceptors (Lipinski definition) is 11. The van der Waals surface area contributed by atoms with Gasteiger partial charge in [-0.15, -0.1) is 0 Å². The second kappa shape index (κ2) is 14.3. The van der Waals surface area contributed by atoms with E-state index in [-0.39, 0.29) is 34.1 Å². The van der Waals surface area contributed by atoms with Gasteiger partial charge in [0, 0.05) is 74.1 Å². The fraction of sp³-hybridized carbons (Fsp3) is 0.333. The maximum atomic E-state index is 13.0. The molecule has 0 unspecified atom stereocenters. The molecular formula is C27H32N4O11. The van der Waals surface area contributed by atoms with E-state index in [9.17, 15) is 28.8 Å². The van der Waals surface area contributed by atoms with Gasteiger partial charge in [0.15, 0.2) is 6.61 Å². The van der Waals surface area contributed by atoms with Crippen molar-refractivity contribution >= 4 is 36.1 Å². The molecule has 0 atom stereocenters. The molecule has 0 radical (unpaired) electrons. The van der Waals surface area contributed by atoms with Crippen LogP contribution in [-0.2, 0) is 4.74 Å². The predicted octanol–water partition coefficient (Wildman–Crippen LogP) is 2.97. The van der Waals surface area contributed by atoms with Gasteiger partial charge < -0.3 is 43.3 Å². The van der Waals surface area contributed by atoms with E-state index in [1.54, 1.807) is 0 Å². The molecule has 0 aliphatic heterocycles. The number of esters is 1. The van der Waals surface area contributed by atoms with Crippen molar-refractivity contribution in [2.45, 2.75) is 0 Å². The summed E-state index contributed by atoms with van der Waals surface area (Å²) in [5, 5.41) is 0. The fourth-order valence-corrected chi connectivity index (χ4v) is 2.72. The van der Waals surface area contributed by atoms with Crippen molar-refractivity contribution in [3.05, 3.63) is 47.5 Å². The molecule has 0 fully saturated rings. The van der Waals surface area contributed by atoms with E-state index in [1.165, 1.54) is 92.8 Å². The summed E-state index contributed by atoms with van der Waals surface area (Å²) in [7, 11) is 11.6. The minimum Gasteiger partial charge on any atom is -0.454 e. The van der Waals surface area contributed by atoms with Crippen molar-refractivity contribution in [3.63, 3.8) is 0 Å². The summed E-state index contributed by atoms with van der Waals surface area (Å²) in [5.41, 5.74) is -0.287. The number of nitrogens with zero attached hydrogens (tertiary/aromatic N) is 4. The Hall–Kier alpha value is -5.34. The van der Waals surface area contributed by atoms with Crippen molar-refractivity contribution in [3.8, 4) is 23.0 Å². The fourth-order valence-electron chi connectivity index (χ4n) is 2.72. The summed E-state index contributed by atoms with van der Waals surface area (Å²) in [6.07, 6.45) is -3.03. The number of carbonyl (C=O) groups is 6. The lowest BCUT2D eigenvalue weighted by molar-refractivity contribution is 0.0474. The van der Waals surface area contributed by atoms with Gasteiger partial charge in [-0.1, -0.05) is 0 Å². The molecule has 0 saturated heterocycles. The second-order valence-corrected chi connectivity index (χ2v) is 9.44. The maximum absolute atomic E-state index is 13.0. The lowest BCUT2D eigenvalue weighted by Gasteiger charge is -2.15. The third-order valence-corrected chi connectivity index (χ3v) is 4.93. The monoisotopic (exact) mass is 588 g/mol. The maximum Gasteiger partial charge on any atom is 0.414 e. The highest BCUT2D eigenvalue weighted by molar-refractivity contribution is 6.00. The normalized spacial score (nSPS) is 10.1. The first-order valence-electron chi connectivity index (χ1n) is 12.1. The molecule has 0 N–H and O–H groups in total. The molecule has 0 saturated carbocycles. The number of ether oxygens (including phenoxy) is 5. The standard InChI is InChI=1S/C27H32N4O11/c1-28(2)24(34)39-18-9-16(10-19(13-18)40-25(35)29(3)4)22(32)15-38-23(33)17-11-20(41-26(36)30(5)6)14-21(12-17)42-27(37)31(7)8/h9-14H,15H2,1-8H3. The highest BCUT2D eigenvalue weighted by Gasteiger charge is 2.20. The van der Waals surface area contributed by atoms with Gasteiger partial charge >= 0.3 is 30.3 Å². The van der Waals surface area contributed by atoms with Gasteiger partial charge in [-0.2, -0.15) is 0 Å². The molecular weight excluding hydrogens is 556 g/mol. The van der Waals surface area contributed by atoms with Gasteiger partial charge in [-0.05, 0) is 24.3 Å². The van der Waals surface area contributed by atoms with Crippen molar-refractivity contribution < 1.29 is 52.5 Å². The van der Waals surface area contributed by atoms with Crippen LogP contribution in [0.4, 0.5) is 19.2 Å². The molecule has 0 aliphatic rings. The van der Waals surface area contributed by atoms with Crippen molar-refractivity contribution in [2.75, 3.05) is 63.0 Å². The molecule has 15 heteroatoms. The van der Waals surface area contributed by atoms with Gasteiger partial charge in [0.25, 0.3) is 0 Å². The summed E-state index contributed by atoms with van der Waals surface area (Å²) < 4.78 is 25.9. The average molecular weight is 589 g/mol. The third kappa shape index (κ3) is 9.69. The van der Waals surface area contributed by atoms with Crippen molar-refractivity contribution in [1.29, 1.82) is 0 Å². The molecule has 0 aromatic heterocycles. The number of hydrogen-bond donors (Lipinski definition) is 0. The molecule has 4 amide bonds. The van der Waals surface area contributed by atoms with Crippen LogP contribution in [0, 0.1) is 0 Å². The molecule has 2 rings (SSSR count).